The first-order valence-corrected chi connectivity index (χ1v) is 8.89. The SMILES string of the molecule is CNC(=O)CN1C[C@H](NC(=O)CCOc2ccccc2)[C@@H](C(C)C)C1.Cl. The van der Waals surface area contributed by atoms with Crippen LogP contribution in [0.1, 0.15) is 20.3 Å². The molecule has 7 heteroatoms. The summed E-state index contributed by atoms with van der Waals surface area (Å²) >= 11 is 0. The lowest BCUT2D eigenvalue weighted by Gasteiger charge is -2.23. The van der Waals surface area contributed by atoms with Gasteiger partial charge in [0.2, 0.25) is 11.8 Å². The molecular weight excluding hydrogens is 354 g/mol. The van der Waals surface area contributed by atoms with Crippen LogP contribution in [0, 0.1) is 11.8 Å². The van der Waals surface area contributed by atoms with Gasteiger partial charge in [-0.15, -0.1) is 12.4 Å². The summed E-state index contributed by atoms with van der Waals surface area (Å²) in [5, 5.41) is 5.78. The first kappa shape index (κ1) is 22.3. The number of hydrogen-bond donors (Lipinski definition) is 2. The molecule has 1 saturated heterocycles. The Hall–Kier alpha value is -1.79. The van der Waals surface area contributed by atoms with Gasteiger partial charge in [-0.25, -0.2) is 0 Å². The van der Waals surface area contributed by atoms with Crippen molar-refractivity contribution in [2.45, 2.75) is 26.3 Å². The van der Waals surface area contributed by atoms with E-state index in [4.69, 9.17) is 4.74 Å². The highest BCUT2D eigenvalue weighted by atomic mass is 35.5. The summed E-state index contributed by atoms with van der Waals surface area (Å²) in [6.07, 6.45) is 0.325. The zero-order valence-corrected chi connectivity index (χ0v) is 16.6. The molecule has 26 heavy (non-hydrogen) atoms. The van der Waals surface area contributed by atoms with Gasteiger partial charge in [-0.05, 0) is 24.0 Å². The van der Waals surface area contributed by atoms with E-state index in [9.17, 15) is 9.59 Å². The van der Waals surface area contributed by atoms with E-state index in [1.807, 2.05) is 30.3 Å². The summed E-state index contributed by atoms with van der Waals surface area (Å²) in [4.78, 5) is 26.0. The molecule has 1 aromatic rings. The minimum Gasteiger partial charge on any atom is -0.493 e. The Morgan fingerprint density at radius 2 is 1.88 bits per heavy atom. The number of ether oxygens (including phenoxy) is 1. The van der Waals surface area contributed by atoms with Gasteiger partial charge < -0.3 is 15.4 Å². The molecule has 1 aliphatic heterocycles. The molecule has 1 aromatic carbocycles. The molecule has 1 heterocycles. The van der Waals surface area contributed by atoms with Crippen molar-refractivity contribution in [3.8, 4) is 5.75 Å². The van der Waals surface area contributed by atoms with Gasteiger partial charge in [0.05, 0.1) is 19.6 Å². The molecule has 0 aliphatic carbocycles. The van der Waals surface area contributed by atoms with Gasteiger partial charge in [-0.3, -0.25) is 14.5 Å². The second-order valence-electron chi connectivity index (χ2n) is 6.86. The van der Waals surface area contributed by atoms with Crippen LogP contribution in [0.2, 0.25) is 0 Å². The topological polar surface area (TPSA) is 70.7 Å². The molecule has 0 bridgehead atoms. The zero-order chi connectivity index (χ0) is 18.2. The van der Waals surface area contributed by atoms with Crippen molar-refractivity contribution >= 4 is 24.2 Å². The van der Waals surface area contributed by atoms with Gasteiger partial charge in [-0.2, -0.15) is 0 Å². The maximum atomic E-state index is 12.3. The first-order chi connectivity index (χ1) is 12.0. The number of likely N-dealkylation sites (N-methyl/N-ethyl adjacent to an activating group) is 1. The van der Waals surface area contributed by atoms with Crippen LogP contribution in [0.4, 0.5) is 0 Å². The third-order valence-corrected chi connectivity index (χ3v) is 4.63. The number of amides is 2. The quantitative estimate of drug-likeness (QED) is 0.716. The van der Waals surface area contributed by atoms with Gasteiger partial charge in [-0.1, -0.05) is 32.0 Å². The van der Waals surface area contributed by atoms with Crippen molar-refractivity contribution in [3.05, 3.63) is 30.3 Å². The van der Waals surface area contributed by atoms with E-state index in [2.05, 4.69) is 29.4 Å². The van der Waals surface area contributed by atoms with Crippen LogP contribution < -0.4 is 15.4 Å². The highest BCUT2D eigenvalue weighted by molar-refractivity contribution is 5.85. The molecule has 0 saturated carbocycles. The predicted octanol–water partition coefficient (Wildman–Crippen LogP) is 1.70. The van der Waals surface area contributed by atoms with Crippen molar-refractivity contribution in [1.29, 1.82) is 0 Å². The van der Waals surface area contributed by atoms with Crippen LogP contribution >= 0.6 is 12.4 Å². The average molecular weight is 384 g/mol. The van der Waals surface area contributed by atoms with E-state index in [0.717, 1.165) is 12.3 Å². The smallest absolute Gasteiger partial charge is 0.233 e. The van der Waals surface area contributed by atoms with Gasteiger partial charge in [0.1, 0.15) is 5.75 Å². The number of rotatable bonds is 8. The van der Waals surface area contributed by atoms with E-state index < -0.39 is 0 Å². The molecule has 0 radical (unpaired) electrons. The number of nitrogens with one attached hydrogen (secondary N) is 2. The summed E-state index contributed by atoms with van der Waals surface area (Å²) < 4.78 is 5.58. The van der Waals surface area contributed by atoms with E-state index in [1.165, 1.54) is 0 Å². The summed E-state index contributed by atoms with van der Waals surface area (Å²) in [5.41, 5.74) is 0. The van der Waals surface area contributed by atoms with E-state index in [-0.39, 0.29) is 30.3 Å². The van der Waals surface area contributed by atoms with Gasteiger partial charge in [0, 0.05) is 26.2 Å². The van der Waals surface area contributed by atoms with Gasteiger partial charge in [0.25, 0.3) is 0 Å². The molecule has 6 nitrogen and oxygen atoms in total. The molecule has 146 valence electrons. The molecular formula is C19H30ClN3O3. The van der Waals surface area contributed by atoms with Crippen molar-refractivity contribution in [1.82, 2.24) is 15.5 Å². The number of hydrogen-bond acceptors (Lipinski definition) is 4. The normalized spacial score (nSPS) is 19.7. The Bertz CT molecular complexity index is 568. The van der Waals surface area contributed by atoms with E-state index in [1.54, 1.807) is 7.05 Å². The largest absolute Gasteiger partial charge is 0.493 e. The van der Waals surface area contributed by atoms with E-state index >= 15 is 0 Å². The van der Waals surface area contributed by atoms with Crippen LogP contribution in [-0.2, 0) is 9.59 Å². The number of benzene rings is 1. The maximum absolute atomic E-state index is 12.3. The van der Waals surface area contributed by atoms with Crippen LogP contribution in [0.3, 0.4) is 0 Å². The predicted molar refractivity (Wildman–Crippen MR) is 105 cm³/mol. The lowest BCUT2D eigenvalue weighted by Crippen LogP contribution is -2.42. The molecule has 0 aromatic heterocycles. The summed E-state index contributed by atoms with van der Waals surface area (Å²) in [6, 6.07) is 9.57. The van der Waals surface area contributed by atoms with Crippen molar-refractivity contribution in [2.24, 2.45) is 11.8 Å². The van der Waals surface area contributed by atoms with Crippen molar-refractivity contribution in [2.75, 3.05) is 33.3 Å². The number of carbonyl (C=O) groups is 2. The molecule has 1 fully saturated rings. The standard InChI is InChI=1S/C19H29N3O3.ClH/c1-14(2)16-11-22(13-19(24)20-3)12-17(16)21-18(23)9-10-25-15-7-5-4-6-8-15;/h4-8,14,16-17H,9-13H2,1-3H3,(H,20,24)(H,21,23);1H/t16-,17+;/m1./s1. The average Bonchev–Trinajstić information content (AvgIpc) is 2.98. The van der Waals surface area contributed by atoms with Crippen LogP contribution in [0.15, 0.2) is 30.3 Å². The maximum Gasteiger partial charge on any atom is 0.233 e. The Labute approximate surface area is 162 Å². The van der Waals surface area contributed by atoms with Gasteiger partial charge in [0.15, 0.2) is 0 Å². The fourth-order valence-corrected chi connectivity index (χ4v) is 3.21. The third kappa shape index (κ3) is 6.84. The Morgan fingerprint density at radius 3 is 2.50 bits per heavy atom. The third-order valence-electron chi connectivity index (χ3n) is 4.63. The number of para-hydroxylation sites is 1. The Morgan fingerprint density at radius 1 is 1.19 bits per heavy atom. The fourth-order valence-electron chi connectivity index (χ4n) is 3.21. The summed E-state index contributed by atoms with van der Waals surface area (Å²) in [6.45, 7) is 6.59. The summed E-state index contributed by atoms with van der Waals surface area (Å²) in [5.74, 6) is 1.57. The molecule has 2 N–H and O–H groups in total. The monoisotopic (exact) mass is 383 g/mol. The zero-order valence-electron chi connectivity index (χ0n) is 15.7. The second kappa shape index (κ2) is 11.0. The molecule has 2 rings (SSSR count). The Kier molecular flexibility index (Phi) is 9.44. The summed E-state index contributed by atoms with van der Waals surface area (Å²) in [7, 11) is 1.64. The van der Waals surface area contributed by atoms with Crippen molar-refractivity contribution < 1.29 is 14.3 Å². The minimum absolute atomic E-state index is 0. The molecule has 0 unspecified atom stereocenters. The van der Waals surface area contributed by atoms with E-state index in [0.29, 0.717) is 38.0 Å². The lowest BCUT2D eigenvalue weighted by atomic mass is 9.91. The number of nitrogens with zero attached hydrogens (tertiary/aromatic N) is 1. The molecule has 1 aliphatic rings. The first-order valence-electron chi connectivity index (χ1n) is 8.89. The highest BCUT2D eigenvalue weighted by Crippen LogP contribution is 2.24. The van der Waals surface area contributed by atoms with Crippen molar-refractivity contribution in [3.63, 3.8) is 0 Å². The van der Waals surface area contributed by atoms with Crippen LogP contribution in [0.25, 0.3) is 0 Å². The number of carbonyl (C=O) groups excluding carboxylic acids is 2. The minimum atomic E-state index is -0.00614. The lowest BCUT2D eigenvalue weighted by molar-refractivity contribution is -0.122. The molecule has 0 spiro atoms. The fraction of sp³-hybridized carbons (Fsp3) is 0.579. The number of halogens is 1. The van der Waals surface area contributed by atoms with Crippen LogP contribution in [0.5, 0.6) is 5.75 Å². The van der Waals surface area contributed by atoms with Crippen LogP contribution in [-0.4, -0.2) is 56.0 Å². The molecule has 2 atom stereocenters. The van der Waals surface area contributed by atoms with Gasteiger partial charge >= 0.3 is 0 Å². The highest BCUT2D eigenvalue weighted by Gasteiger charge is 2.35. The Balaban J connectivity index is 0.00000338. The number of likely N-dealkylation sites (tertiary alicyclic amines) is 1. The second-order valence-corrected chi connectivity index (χ2v) is 6.86. The molecule has 2 amide bonds.